The van der Waals surface area contributed by atoms with Gasteiger partial charge < -0.3 is 15.8 Å². The molecule has 0 saturated heterocycles. The maximum Gasteiger partial charge on any atom is 0.270 e. The molecule has 0 saturated carbocycles. The third kappa shape index (κ3) is 4.55. The first-order valence-corrected chi connectivity index (χ1v) is 5.89. The molecule has 19 heavy (non-hydrogen) atoms. The van der Waals surface area contributed by atoms with Crippen molar-refractivity contribution >= 4 is 11.6 Å². The number of hydrogen-bond donors (Lipinski definition) is 2. The lowest BCUT2D eigenvalue weighted by Crippen LogP contribution is -2.18. The monoisotopic (exact) mass is 267 g/mol. The SMILES string of the molecule is CNC(=O)CCCOc1ccc([N+](=O)[O-])cc1CN. The van der Waals surface area contributed by atoms with E-state index in [9.17, 15) is 14.9 Å². The first kappa shape index (κ1) is 14.9. The number of non-ortho nitro benzene ring substituents is 1. The van der Waals surface area contributed by atoms with Crippen LogP contribution in [0.4, 0.5) is 5.69 Å². The first-order chi connectivity index (χ1) is 9.08. The van der Waals surface area contributed by atoms with Crippen molar-refractivity contribution < 1.29 is 14.5 Å². The minimum Gasteiger partial charge on any atom is -0.493 e. The number of ether oxygens (including phenoxy) is 1. The highest BCUT2D eigenvalue weighted by Crippen LogP contribution is 2.23. The van der Waals surface area contributed by atoms with Gasteiger partial charge in [-0.15, -0.1) is 0 Å². The Kier molecular flexibility index (Phi) is 5.74. The molecule has 1 amide bonds. The van der Waals surface area contributed by atoms with E-state index in [4.69, 9.17) is 10.5 Å². The van der Waals surface area contributed by atoms with Crippen LogP contribution < -0.4 is 15.8 Å². The Balaban J connectivity index is 2.58. The van der Waals surface area contributed by atoms with E-state index in [2.05, 4.69) is 5.32 Å². The molecule has 0 radical (unpaired) electrons. The number of nitrogens with zero attached hydrogens (tertiary/aromatic N) is 1. The van der Waals surface area contributed by atoms with Crippen LogP contribution in [-0.4, -0.2) is 24.5 Å². The van der Waals surface area contributed by atoms with Crippen molar-refractivity contribution in [1.29, 1.82) is 0 Å². The van der Waals surface area contributed by atoms with E-state index in [1.165, 1.54) is 18.2 Å². The Morgan fingerprint density at radius 1 is 1.53 bits per heavy atom. The number of nitro benzene ring substituents is 1. The molecule has 0 unspecified atom stereocenters. The summed E-state index contributed by atoms with van der Waals surface area (Å²) in [7, 11) is 1.58. The van der Waals surface area contributed by atoms with Crippen molar-refractivity contribution in [3.05, 3.63) is 33.9 Å². The number of hydrogen-bond acceptors (Lipinski definition) is 5. The van der Waals surface area contributed by atoms with Gasteiger partial charge in [-0.25, -0.2) is 0 Å². The van der Waals surface area contributed by atoms with Gasteiger partial charge in [-0.05, 0) is 12.5 Å². The van der Waals surface area contributed by atoms with Gasteiger partial charge in [0.25, 0.3) is 5.69 Å². The molecule has 7 heteroatoms. The second-order valence-electron chi connectivity index (χ2n) is 3.88. The number of nitrogens with one attached hydrogen (secondary N) is 1. The fraction of sp³-hybridized carbons (Fsp3) is 0.417. The van der Waals surface area contributed by atoms with Crippen molar-refractivity contribution in [2.45, 2.75) is 19.4 Å². The fourth-order valence-corrected chi connectivity index (χ4v) is 1.52. The summed E-state index contributed by atoms with van der Waals surface area (Å²) in [6.07, 6.45) is 0.947. The summed E-state index contributed by atoms with van der Waals surface area (Å²) in [5.41, 5.74) is 6.09. The van der Waals surface area contributed by atoms with Crippen LogP contribution in [0.25, 0.3) is 0 Å². The van der Waals surface area contributed by atoms with E-state index in [1.807, 2.05) is 0 Å². The summed E-state index contributed by atoms with van der Waals surface area (Å²) in [5, 5.41) is 13.1. The average molecular weight is 267 g/mol. The van der Waals surface area contributed by atoms with Gasteiger partial charge in [0.15, 0.2) is 0 Å². The predicted molar refractivity (Wildman–Crippen MR) is 69.8 cm³/mol. The number of benzene rings is 1. The first-order valence-electron chi connectivity index (χ1n) is 5.89. The molecule has 0 aromatic heterocycles. The van der Waals surface area contributed by atoms with Crippen molar-refractivity contribution in [1.82, 2.24) is 5.32 Å². The van der Waals surface area contributed by atoms with Gasteiger partial charge in [-0.2, -0.15) is 0 Å². The van der Waals surface area contributed by atoms with Crippen LogP contribution in [0.5, 0.6) is 5.75 Å². The maximum atomic E-state index is 11.0. The number of rotatable bonds is 7. The molecule has 7 nitrogen and oxygen atoms in total. The van der Waals surface area contributed by atoms with Crippen LogP contribution in [0.3, 0.4) is 0 Å². The van der Waals surface area contributed by atoms with E-state index in [1.54, 1.807) is 7.05 Å². The van der Waals surface area contributed by atoms with Gasteiger partial charge in [0.05, 0.1) is 11.5 Å². The van der Waals surface area contributed by atoms with Crippen LogP contribution in [0, 0.1) is 10.1 Å². The molecular weight excluding hydrogens is 250 g/mol. The quantitative estimate of drug-likeness (QED) is 0.434. The number of amides is 1. The second-order valence-corrected chi connectivity index (χ2v) is 3.88. The average Bonchev–Trinajstić information content (AvgIpc) is 2.42. The summed E-state index contributed by atoms with van der Waals surface area (Å²) in [6.45, 7) is 0.519. The Hall–Kier alpha value is -2.15. The van der Waals surface area contributed by atoms with Gasteiger partial charge in [-0.1, -0.05) is 0 Å². The van der Waals surface area contributed by atoms with E-state index in [-0.39, 0.29) is 18.1 Å². The van der Waals surface area contributed by atoms with Crippen LogP contribution >= 0.6 is 0 Å². The van der Waals surface area contributed by atoms with Crippen molar-refractivity contribution in [3.8, 4) is 5.75 Å². The van der Waals surface area contributed by atoms with Crippen LogP contribution in [0.2, 0.25) is 0 Å². The summed E-state index contributed by atoms with van der Waals surface area (Å²) in [5.74, 6) is 0.469. The third-order valence-electron chi connectivity index (χ3n) is 2.56. The van der Waals surface area contributed by atoms with Gasteiger partial charge in [0.1, 0.15) is 5.75 Å². The summed E-state index contributed by atoms with van der Waals surface area (Å²) < 4.78 is 5.48. The minimum atomic E-state index is -0.478. The van der Waals surface area contributed by atoms with Crippen LogP contribution in [0.15, 0.2) is 18.2 Å². The fourth-order valence-electron chi connectivity index (χ4n) is 1.52. The second kappa shape index (κ2) is 7.32. The highest BCUT2D eigenvalue weighted by molar-refractivity contribution is 5.75. The Bertz CT molecular complexity index is 462. The molecule has 1 aromatic carbocycles. The van der Waals surface area contributed by atoms with Crippen molar-refractivity contribution in [2.24, 2.45) is 5.73 Å². The Labute approximate surface area is 110 Å². The van der Waals surface area contributed by atoms with Crippen molar-refractivity contribution in [3.63, 3.8) is 0 Å². The zero-order valence-corrected chi connectivity index (χ0v) is 10.7. The largest absolute Gasteiger partial charge is 0.493 e. The number of nitrogens with two attached hydrogens (primary N) is 1. The molecule has 0 bridgehead atoms. The maximum absolute atomic E-state index is 11.0. The van der Waals surface area contributed by atoms with E-state index >= 15 is 0 Å². The molecule has 0 spiro atoms. The van der Waals surface area contributed by atoms with Gasteiger partial charge in [0.2, 0.25) is 5.91 Å². The zero-order valence-electron chi connectivity index (χ0n) is 10.7. The van der Waals surface area contributed by atoms with Gasteiger partial charge >= 0.3 is 0 Å². The topological polar surface area (TPSA) is 107 Å². The molecule has 1 aromatic rings. The van der Waals surface area contributed by atoms with Gasteiger partial charge in [0, 0.05) is 37.7 Å². The lowest BCUT2D eigenvalue weighted by molar-refractivity contribution is -0.384. The highest BCUT2D eigenvalue weighted by atomic mass is 16.6. The summed E-state index contributed by atoms with van der Waals surface area (Å²) in [6, 6.07) is 4.29. The lowest BCUT2D eigenvalue weighted by atomic mass is 10.2. The Morgan fingerprint density at radius 3 is 2.84 bits per heavy atom. The molecule has 0 aliphatic carbocycles. The number of carbonyl (C=O) groups excluding carboxylic acids is 1. The minimum absolute atomic E-state index is 0.0156. The van der Waals surface area contributed by atoms with Gasteiger partial charge in [-0.3, -0.25) is 14.9 Å². The lowest BCUT2D eigenvalue weighted by Gasteiger charge is -2.09. The van der Waals surface area contributed by atoms with Crippen LogP contribution in [0.1, 0.15) is 18.4 Å². The molecule has 104 valence electrons. The predicted octanol–water partition coefficient (Wildman–Crippen LogP) is 0.958. The smallest absolute Gasteiger partial charge is 0.270 e. The Morgan fingerprint density at radius 2 is 2.26 bits per heavy atom. The molecule has 0 atom stereocenters. The van der Waals surface area contributed by atoms with E-state index < -0.39 is 4.92 Å². The van der Waals surface area contributed by atoms with Crippen LogP contribution in [-0.2, 0) is 11.3 Å². The van der Waals surface area contributed by atoms with Crippen molar-refractivity contribution in [2.75, 3.05) is 13.7 Å². The molecular formula is C12H17N3O4. The normalized spacial score (nSPS) is 10.0. The third-order valence-corrected chi connectivity index (χ3v) is 2.56. The molecule has 0 aliphatic heterocycles. The summed E-state index contributed by atoms with van der Waals surface area (Å²) >= 11 is 0. The standard InChI is InChI=1S/C12H17N3O4/c1-14-12(16)3-2-6-19-11-5-4-10(15(17)18)7-9(11)8-13/h4-5,7H,2-3,6,8,13H2,1H3,(H,14,16). The van der Waals surface area contributed by atoms with E-state index in [0.717, 1.165) is 0 Å². The molecule has 0 fully saturated rings. The number of carbonyl (C=O) groups is 1. The van der Waals surface area contributed by atoms with E-state index in [0.29, 0.717) is 30.8 Å². The molecule has 0 aliphatic rings. The number of nitro groups is 1. The highest BCUT2D eigenvalue weighted by Gasteiger charge is 2.10. The molecule has 0 heterocycles. The molecule has 3 N–H and O–H groups in total. The molecule has 1 rings (SSSR count). The zero-order chi connectivity index (χ0) is 14.3. The summed E-state index contributed by atoms with van der Waals surface area (Å²) in [4.78, 5) is 21.2.